The molecule has 90 valence electrons. The minimum Gasteiger partial charge on any atom is -0.378 e. The molecule has 0 saturated heterocycles. The molecule has 1 N–H and O–H groups in total. The van der Waals surface area contributed by atoms with Crippen molar-refractivity contribution in [3.8, 4) is 0 Å². The standard InChI is InChI=1S/C13H17N3O/c1-9-4-5-10-12(14-9)16-11(15-10)8-13(17-2)6-3-7-13/h4-5H,3,6-8H2,1-2H3,(H,14,15,16). The molecule has 4 nitrogen and oxygen atoms in total. The highest BCUT2D eigenvalue weighted by molar-refractivity contribution is 5.70. The molecule has 0 radical (unpaired) electrons. The number of hydrogen-bond donors (Lipinski definition) is 1. The van der Waals surface area contributed by atoms with Crippen LogP contribution < -0.4 is 0 Å². The highest BCUT2D eigenvalue weighted by atomic mass is 16.5. The molecule has 1 fully saturated rings. The van der Waals surface area contributed by atoms with Gasteiger partial charge in [0.25, 0.3) is 0 Å². The van der Waals surface area contributed by atoms with Crippen LogP contribution in [0.2, 0.25) is 0 Å². The zero-order chi connectivity index (χ0) is 11.9. The van der Waals surface area contributed by atoms with Crippen LogP contribution in [0.4, 0.5) is 0 Å². The van der Waals surface area contributed by atoms with E-state index in [-0.39, 0.29) is 5.60 Å². The maximum Gasteiger partial charge on any atom is 0.177 e. The number of pyridine rings is 1. The second kappa shape index (κ2) is 3.81. The van der Waals surface area contributed by atoms with Gasteiger partial charge in [0.1, 0.15) is 5.82 Å². The van der Waals surface area contributed by atoms with Gasteiger partial charge in [-0.25, -0.2) is 9.97 Å². The Hall–Kier alpha value is -1.42. The average Bonchev–Trinajstić information content (AvgIpc) is 2.65. The van der Waals surface area contributed by atoms with Gasteiger partial charge in [0, 0.05) is 19.2 Å². The largest absolute Gasteiger partial charge is 0.378 e. The quantitative estimate of drug-likeness (QED) is 0.882. The third kappa shape index (κ3) is 1.82. The Kier molecular flexibility index (Phi) is 2.40. The van der Waals surface area contributed by atoms with E-state index in [9.17, 15) is 0 Å². The Morgan fingerprint density at radius 3 is 2.82 bits per heavy atom. The van der Waals surface area contributed by atoms with Crippen molar-refractivity contribution in [1.29, 1.82) is 0 Å². The fourth-order valence-corrected chi connectivity index (χ4v) is 2.45. The van der Waals surface area contributed by atoms with Crippen LogP contribution in [0.1, 0.15) is 30.8 Å². The molecule has 4 heteroatoms. The first kappa shape index (κ1) is 10.7. The first-order valence-corrected chi connectivity index (χ1v) is 6.08. The molecule has 1 aliphatic carbocycles. The fraction of sp³-hybridized carbons (Fsp3) is 0.538. The molecular weight excluding hydrogens is 214 g/mol. The van der Waals surface area contributed by atoms with E-state index >= 15 is 0 Å². The van der Waals surface area contributed by atoms with E-state index in [0.717, 1.165) is 41.9 Å². The van der Waals surface area contributed by atoms with Gasteiger partial charge in [-0.05, 0) is 38.3 Å². The zero-order valence-electron chi connectivity index (χ0n) is 10.3. The van der Waals surface area contributed by atoms with Crippen molar-refractivity contribution >= 4 is 11.2 Å². The van der Waals surface area contributed by atoms with Crippen LogP contribution in [0.3, 0.4) is 0 Å². The number of fused-ring (bicyclic) bond motifs is 1. The van der Waals surface area contributed by atoms with Crippen molar-refractivity contribution in [2.75, 3.05) is 7.11 Å². The fourth-order valence-electron chi connectivity index (χ4n) is 2.45. The molecule has 2 heterocycles. The molecule has 2 aromatic heterocycles. The summed E-state index contributed by atoms with van der Waals surface area (Å²) in [5.74, 6) is 0.986. The third-order valence-electron chi connectivity index (χ3n) is 3.72. The van der Waals surface area contributed by atoms with E-state index in [4.69, 9.17) is 4.74 Å². The van der Waals surface area contributed by atoms with E-state index < -0.39 is 0 Å². The predicted octanol–water partition coefficient (Wildman–Crippen LogP) is 2.38. The minimum atomic E-state index is 0.0168. The Labute approximate surface area is 100 Å². The van der Waals surface area contributed by atoms with Gasteiger partial charge in [-0.2, -0.15) is 0 Å². The first-order valence-electron chi connectivity index (χ1n) is 6.08. The van der Waals surface area contributed by atoms with Gasteiger partial charge in [-0.15, -0.1) is 0 Å². The van der Waals surface area contributed by atoms with E-state index in [0.29, 0.717) is 0 Å². The summed E-state index contributed by atoms with van der Waals surface area (Å²) in [6.45, 7) is 1.98. The maximum absolute atomic E-state index is 5.62. The number of H-pyrrole nitrogens is 1. The summed E-state index contributed by atoms with van der Waals surface area (Å²) in [4.78, 5) is 12.3. The molecule has 0 atom stereocenters. The summed E-state index contributed by atoms with van der Waals surface area (Å²) in [6, 6.07) is 4.04. The van der Waals surface area contributed by atoms with E-state index in [1.807, 2.05) is 19.1 Å². The maximum atomic E-state index is 5.62. The van der Waals surface area contributed by atoms with Gasteiger partial charge in [0.2, 0.25) is 0 Å². The van der Waals surface area contributed by atoms with E-state index in [2.05, 4.69) is 15.0 Å². The van der Waals surface area contributed by atoms with Gasteiger partial charge in [0.15, 0.2) is 5.65 Å². The first-order chi connectivity index (χ1) is 8.21. The molecule has 17 heavy (non-hydrogen) atoms. The number of aromatic nitrogens is 3. The Balaban J connectivity index is 1.90. The number of nitrogens with zero attached hydrogens (tertiary/aromatic N) is 2. The molecule has 0 aromatic carbocycles. The summed E-state index contributed by atoms with van der Waals surface area (Å²) in [7, 11) is 1.80. The number of rotatable bonds is 3. The number of aryl methyl sites for hydroxylation is 1. The molecule has 0 unspecified atom stereocenters. The molecule has 0 spiro atoms. The molecule has 2 aromatic rings. The van der Waals surface area contributed by atoms with Crippen LogP contribution in [0, 0.1) is 6.92 Å². The third-order valence-corrected chi connectivity index (χ3v) is 3.72. The highest BCUT2D eigenvalue weighted by Crippen LogP contribution is 2.37. The summed E-state index contributed by atoms with van der Waals surface area (Å²) in [5, 5.41) is 0. The van der Waals surface area contributed by atoms with Gasteiger partial charge in [-0.1, -0.05) is 0 Å². The Morgan fingerprint density at radius 1 is 1.35 bits per heavy atom. The van der Waals surface area contributed by atoms with Crippen LogP contribution in [-0.2, 0) is 11.2 Å². The van der Waals surface area contributed by atoms with Crippen LogP contribution in [0.15, 0.2) is 12.1 Å². The monoisotopic (exact) mass is 231 g/mol. The second-order valence-corrected chi connectivity index (χ2v) is 4.92. The number of imidazole rings is 1. The topological polar surface area (TPSA) is 50.8 Å². The van der Waals surface area contributed by atoms with Crippen molar-refractivity contribution in [3.05, 3.63) is 23.7 Å². The number of methoxy groups -OCH3 is 1. The summed E-state index contributed by atoms with van der Waals surface area (Å²) >= 11 is 0. The van der Waals surface area contributed by atoms with Gasteiger partial charge in [-0.3, -0.25) is 0 Å². The Morgan fingerprint density at radius 2 is 2.18 bits per heavy atom. The van der Waals surface area contributed by atoms with Crippen molar-refractivity contribution in [2.45, 2.75) is 38.2 Å². The summed E-state index contributed by atoms with van der Waals surface area (Å²) in [6.07, 6.45) is 4.38. The number of ether oxygens (including phenoxy) is 1. The molecule has 0 bridgehead atoms. The number of aromatic amines is 1. The smallest absolute Gasteiger partial charge is 0.177 e. The summed E-state index contributed by atoms with van der Waals surface area (Å²) in [5.41, 5.74) is 2.84. The van der Waals surface area contributed by atoms with E-state index in [1.165, 1.54) is 6.42 Å². The van der Waals surface area contributed by atoms with Crippen molar-refractivity contribution in [1.82, 2.24) is 15.0 Å². The van der Waals surface area contributed by atoms with Crippen LogP contribution in [-0.4, -0.2) is 27.7 Å². The molecule has 0 amide bonds. The zero-order valence-corrected chi connectivity index (χ0v) is 10.3. The lowest BCUT2D eigenvalue weighted by Crippen LogP contribution is -2.41. The van der Waals surface area contributed by atoms with E-state index in [1.54, 1.807) is 7.11 Å². The normalized spacial score (nSPS) is 18.2. The second-order valence-electron chi connectivity index (χ2n) is 4.92. The number of nitrogens with one attached hydrogen (secondary N) is 1. The highest BCUT2D eigenvalue weighted by Gasteiger charge is 2.37. The van der Waals surface area contributed by atoms with Crippen LogP contribution >= 0.6 is 0 Å². The lowest BCUT2D eigenvalue weighted by molar-refractivity contribution is -0.0719. The van der Waals surface area contributed by atoms with Crippen molar-refractivity contribution in [2.24, 2.45) is 0 Å². The number of hydrogen-bond acceptors (Lipinski definition) is 3. The average molecular weight is 231 g/mol. The van der Waals surface area contributed by atoms with Crippen LogP contribution in [0.25, 0.3) is 11.2 Å². The van der Waals surface area contributed by atoms with Crippen molar-refractivity contribution < 1.29 is 4.74 Å². The van der Waals surface area contributed by atoms with Gasteiger partial charge < -0.3 is 9.72 Å². The molecule has 3 rings (SSSR count). The molecular formula is C13H17N3O. The Bertz CT molecular complexity index is 537. The lowest BCUT2D eigenvalue weighted by atomic mass is 9.77. The van der Waals surface area contributed by atoms with Gasteiger partial charge in [0.05, 0.1) is 11.1 Å². The summed E-state index contributed by atoms with van der Waals surface area (Å²) < 4.78 is 5.62. The SMILES string of the molecule is COC1(Cc2nc3nc(C)ccc3[nH]2)CCC1. The minimum absolute atomic E-state index is 0.0168. The van der Waals surface area contributed by atoms with Crippen LogP contribution in [0.5, 0.6) is 0 Å². The molecule has 1 aliphatic rings. The van der Waals surface area contributed by atoms with Crippen molar-refractivity contribution in [3.63, 3.8) is 0 Å². The lowest BCUT2D eigenvalue weighted by Gasteiger charge is -2.39. The molecule has 0 aliphatic heterocycles. The predicted molar refractivity (Wildman–Crippen MR) is 65.9 cm³/mol. The molecule has 1 saturated carbocycles. The van der Waals surface area contributed by atoms with Gasteiger partial charge >= 0.3 is 0 Å².